The highest BCUT2D eigenvalue weighted by atomic mass is 16.2. The van der Waals surface area contributed by atoms with Crippen molar-refractivity contribution in [3.8, 4) is 0 Å². The minimum Gasteiger partial charge on any atom is -0.361 e. The first kappa shape index (κ1) is 16.7. The normalized spacial score (nSPS) is 16.6. The van der Waals surface area contributed by atoms with Crippen LogP contribution in [0.5, 0.6) is 0 Å². The molecule has 2 heterocycles. The zero-order chi connectivity index (χ0) is 17.9. The number of piperazine rings is 1. The van der Waals surface area contributed by atoms with E-state index in [1.54, 1.807) is 0 Å². The molecule has 0 radical (unpaired) electrons. The van der Waals surface area contributed by atoms with Gasteiger partial charge >= 0.3 is 6.03 Å². The van der Waals surface area contributed by atoms with E-state index in [1.807, 2.05) is 41.4 Å². The summed E-state index contributed by atoms with van der Waals surface area (Å²) in [5.41, 5.74) is 3.32. The fourth-order valence-corrected chi connectivity index (χ4v) is 3.57. The number of carbonyl (C=O) groups excluding carboxylic acids is 1. The van der Waals surface area contributed by atoms with Gasteiger partial charge in [-0.15, -0.1) is 0 Å². The molecule has 5 nitrogen and oxygen atoms in total. The number of para-hydroxylation sites is 1. The zero-order valence-electron chi connectivity index (χ0n) is 15.0. The number of aromatic nitrogens is 1. The van der Waals surface area contributed by atoms with Crippen LogP contribution in [0.15, 0.2) is 60.8 Å². The van der Waals surface area contributed by atoms with Crippen LogP contribution in [0.25, 0.3) is 10.9 Å². The van der Waals surface area contributed by atoms with E-state index in [1.165, 1.54) is 16.5 Å². The molecule has 3 aromatic rings. The predicted octanol–water partition coefficient (Wildman–Crippen LogP) is 4.08. The van der Waals surface area contributed by atoms with Crippen molar-refractivity contribution in [2.75, 3.05) is 31.5 Å². The maximum atomic E-state index is 12.4. The Hall–Kier alpha value is -2.79. The molecular weight excluding hydrogens is 324 g/mol. The molecule has 1 saturated heterocycles. The number of hydrogen-bond acceptors (Lipinski definition) is 2. The Kier molecular flexibility index (Phi) is 4.63. The minimum absolute atomic E-state index is 0.0173. The van der Waals surface area contributed by atoms with Gasteiger partial charge in [-0.1, -0.05) is 30.3 Å². The van der Waals surface area contributed by atoms with Crippen molar-refractivity contribution in [2.45, 2.75) is 13.0 Å². The van der Waals surface area contributed by atoms with Crippen molar-refractivity contribution in [3.05, 3.63) is 66.4 Å². The van der Waals surface area contributed by atoms with Crippen molar-refractivity contribution in [1.82, 2.24) is 14.8 Å². The summed E-state index contributed by atoms with van der Waals surface area (Å²) in [7, 11) is 0. The van der Waals surface area contributed by atoms with Gasteiger partial charge in [0.2, 0.25) is 0 Å². The van der Waals surface area contributed by atoms with Gasteiger partial charge in [0.25, 0.3) is 0 Å². The molecule has 2 N–H and O–H groups in total. The van der Waals surface area contributed by atoms with Crippen LogP contribution >= 0.6 is 0 Å². The summed E-state index contributed by atoms with van der Waals surface area (Å²) in [6.45, 7) is 5.49. The standard InChI is InChI=1S/C21H24N4O/c1-16(18-8-7-17-9-10-22-20(17)15-18)24-11-13-25(14-12-24)21(26)23-19-5-3-2-4-6-19/h2-10,15-16,22H,11-14H2,1H3,(H,23,26). The largest absolute Gasteiger partial charge is 0.361 e. The second-order valence-corrected chi connectivity index (χ2v) is 6.82. The lowest BCUT2D eigenvalue weighted by molar-refractivity contribution is 0.119. The number of hydrogen-bond donors (Lipinski definition) is 2. The fraction of sp³-hybridized carbons (Fsp3) is 0.286. The Labute approximate surface area is 153 Å². The van der Waals surface area contributed by atoms with Crippen LogP contribution in [0, 0.1) is 0 Å². The first-order valence-electron chi connectivity index (χ1n) is 9.13. The Balaban J connectivity index is 1.36. The maximum absolute atomic E-state index is 12.4. The lowest BCUT2D eigenvalue weighted by Gasteiger charge is -2.38. The van der Waals surface area contributed by atoms with Gasteiger partial charge in [-0.05, 0) is 42.1 Å². The van der Waals surface area contributed by atoms with Crippen LogP contribution < -0.4 is 5.32 Å². The average Bonchev–Trinajstić information content (AvgIpc) is 3.16. The van der Waals surface area contributed by atoms with Crippen LogP contribution in [0.2, 0.25) is 0 Å². The lowest BCUT2D eigenvalue weighted by Crippen LogP contribution is -2.50. The first-order valence-corrected chi connectivity index (χ1v) is 9.13. The van der Waals surface area contributed by atoms with Gasteiger partial charge in [0.1, 0.15) is 0 Å². The third-order valence-corrected chi connectivity index (χ3v) is 5.24. The highest BCUT2D eigenvalue weighted by Gasteiger charge is 2.25. The van der Waals surface area contributed by atoms with E-state index in [0.717, 1.165) is 31.9 Å². The van der Waals surface area contributed by atoms with Gasteiger partial charge in [-0.2, -0.15) is 0 Å². The number of rotatable bonds is 3. The number of fused-ring (bicyclic) bond motifs is 1. The third kappa shape index (κ3) is 3.44. The Morgan fingerprint density at radius 1 is 1.04 bits per heavy atom. The summed E-state index contributed by atoms with van der Waals surface area (Å²) in [4.78, 5) is 20.0. The minimum atomic E-state index is -0.0173. The number of amides is 2. The number of H-pyrrole nitrogens is 1. The Morgan fingerprint density at radius 2 is 1.81 bits per heavy atom. The SMILES string of the molecule is CC(c1ccc2cc[nH]c2c1)N1CCN(C(=O)Nc2ccccc2)CC1. The van der Waals surface area contributed by atoms with E-state index in [4.69, 9.17) is 0 Å². The van der Waals surface area contributed by atoms with E-state index in [9.17, 15) is 4.79 Å². The van der Waals surface area contributed by atoms with Crippen molar-refractivity contribution < 1.29 is 4.79 Å². The smallest absolute Gasteiger partial charge is 0.321 e. The number of urea groups is 1. The summed E-state index contributed by atoms with van der Waals surface area (Å²) in [5.74, 6) is 0. The van der Waals surface area contributed by atoms with Crippen LogP contribution in [0.3, 0.4) is 0 Å². The molecule has 1 unspecified atom stereocenters. The van der Waals surface area contributed by atoms with E-state index in [0.29, 0.717) is 6.04 Å². The molecule has 1 aliphatic heterocycles. The summed E-state index contributed by atoms with van der Waals surface area (Å²) >= 11 is 0. The van der Waals surface area contributed by atoms with Crippen LogP contribution in [-0.4, -0.2) is 47.0 Å². The van der Waals surface area contributed by atoms with Crippen molar-refractivity contribution in [2.24, 2.45) is 0 Å². The van der Waals surface area contributed by atoms with Crippen molar-refractivity contribution in [3.63, 3.8) is 0 Å². The molecule has 1 aromatic heterocycles. The number of nitrogens with one attached hydrogen (secondary N) is 2. The second kappa shape index (κ2) is 7.22. The second-order valence-electron chi connectivity index (χ2n) is 6.82. The maximum Gasteiger partial charge on any atom is 0.321 e. The number of benzene rings is 2. The van der Waals surface area contributed by atoms with Gasteiger partial charge in [0.05, 0.1) is 0 Å². The molecule has 26 heavy (non-hydrogen) atoms. The zero-order valence-corrected chi connectivity index (χ0v) is 15.0. The number of anilines is 1. The van der Waals surface area contributed by atoms with Gasteiger partial charge in [-0.3, -0.25) is 4.90 Å². The molecule has 4 rings (SSSR count). The average molecular weight is 348 g/mol. The first-order chi connectivity index (χ1) is 12.7. The van der Waals surface area contributed by atoms with Crippen LogP contribution in [-0.2, 0) is 0 Å². The van der Waals surface area contributed by atoms with Gasteiger partial charge in [0, 0.05) is 49.6 Å². The lowest BCUT2D eigenvalue weighted by atomic mass is 10.0. The predicted molar refractivity (Wildman–Crippen MR) is 105 cm³/mol. The molecule has 2 amide bonds. The molecule has 0 bridgehead atoms. The fourth-order valence-electron chi connectivity index (χ4n) is 3.57. The molecular formula is C21H24N4O. The third-order valence-electron chi connectivity index (χ3n) is 5.24. The van der Waals surface area contributed by atoms with Crippen LogP contribution in [0.1, 0.15) is 18.5 Å². The molecule has 0 saturated carbocycles. The topological polar surface area (TPSA) is 51.4 Å². The van der Waals surface area contributed by atoms with E-state index >= 15 is 0 Å². The van der Waals surface area contributed by atoms with E-state index in [-0.39, 0.29) is 6.03 Å². The summed E-state index contributed by atoms with van der Waals surface area (Å²) in [6, 6.07) is 18.6. The number of aromatic amines is 1. The van der Waals surface area contributed by atoms with E-state index in [2.05, 4.69) is 46.4 Å². The highest BCUT2D eigenvalue weighted by Crippen LogP contribution is 2.25. The Bertz CT molecular complexity index is 881. The molecule has 1 fully saturated rings. The number of carbonyl (C=O) groups is 1. The quantitative estimate of drug-likeness (QED) is 0.749. The molecule has 1 aliphatic rings. The number of nitrogens with zero attached hydrogens (tertiary/aromatic N) is 2. The van der Waals surface area contributed by atoms with Gasteiger partial charge in [0.15, 0.2) is 0 Å². The van der Waals surface area contributed by atoms with Crippen molar-refractivity contribution in [1.29, 1.82) is 0 Å². The summed E-state index contributed by atoms with van der Waals surface area (Å²) < 4.78 is 0. The molecule has 134 valence electrons. The molecule has 2 aromatic carbocycles. The summed E-state index contributed by atoms with van der Waals surface area (Å²) in [5, 5.41) is 4.21. The monoisotopic (exact) mass is 348 g/mol. The molecule has 0 aliphatic carbocycles. The molecule has 0 spiro atoms. The Morgan fingerprint density at radius 3 is 2.58 bits per heavy atom. The summed E-state index contributed by atoms with van der Waals surface area (Å²) in [6.07, 6.45) is 1.98. The van der Waals surface area contributed by atoms with Gasteiger partial charge in [-0.25, -0.2) is 4.79 Å². The highest BCUT2D eigenvalue weighted by molar-refractivity contribution is 5.89. The van der Waals surface area contributed by atoms with Crippen LogP contribution in [0.4, 0.5) is 10.5 Å². The van der Waals surface area contributed by atoms with E-state index < -0.39 is 0 Å². The molecule has 1 atom stereocenters. The van der Waals surface area contributed by atoms with Gasteiger partial charge < -0.3 is 15.2 Å². The van der Waals surface area contributed by atoms with Crippen molar-refractivity contribution >= 4 is 22.6 Å². The molecule has 5 heteroatoms.